The van der Waals surface area contributed by atoms with E-state index in [1.807, 2.05) is 0 Å². The fourth-order valence-electron chi connectivity index (χ4n) is 3.14. The third-order valence-electron chi connectivity index (χ3n) is 4.34. The molecule has 8 heteroatoms. The predicted molar refractivity (Wildman–Crippen MR) is 90.9 cm³/mol. The molecule has 24 heavy (non-hydrogen) atoms. The Kier molecular flexibility index (Phi) is 4.00. The summed E-state index contributed by atoms with van der Waals surface area (Å²) < 4.78 is 7.71. The van der Waals surface area contributed by atoms with Crippen LogP contribution in [0, 0.1) is 0 Å². The lowest BCUT2D eigenvalue weighted by molar-refractivity contribution is -0.672. The number of aliphatic hydroxyl groups is 1. The number of fused-ring (bicyclic) bond motifs is 5. The summed E-state index contributed by atoms with van der Waals surface area (Å²) in [4.78, 5) is 11.6. The monoisotopic (exact) mass is 348 g/mol. The average Bonchev–Trinajstić information content (AvgIpc) is 3.10. The summed E-state index contributed by atoms with van der Waals surface area (Å²) in [5.74, 6) is 0.800. The van der Waals surface area contributed by atoms with E-state index in [-0.39, 0.29) is 12.2 Å². The topological polar surface area (TPSA) is 89.2 Å². The maximum Gasteiger partial charge on any atom is 0.206 e. The Labute approximate surface area is 143 Å². The largest absolute Gasteiger partial charge is 0.396 e. The maximum atomic E-state index is 8.85. The van der Waals surface area contributed by atoms with Crippen molar-refractivity contribution in [1.82, 2.24) is 19.6 Å². The van der Waals surface area contributed by atoms with Crippen LogP contribution in [0.1, 0.15) is 36.5 Å². The second-order valence-electron chi connectivity index (χ2n) is 6.81. The van der Waals surface area contributed by atoms with E-state index >= 15 is 0 Å². The number of ether oxygens (including phenoxy) is 1. The Hall–Kier alpha value is -1.61. The van der Waals surface area contributed by atoms with Gasteiger partial charge in [0.25, 0.3) is 0 Å². The highest BCUT2D eigenvalue weighted by atomic mass is 32.1. The zero-order chi connectivity index (χ0) is 16.7. The van der Waals surface area contributed by atoms with Crippen molar-refractivity contribution in [2.24, 2.45) is 0 Å². The van der Waals surface area contributed by atoms with E-state index in [4.69, 9.17) is 14.8 Å². The van der Waals surface area contributed by atoms with Crippen molar-refractivity contribution in [2.45, 2.75) is 45.4 Å². The Morgan fingerprint density at radius 2 is 2.33 bits per heavy atom. The third kappa shape index (κ3) is 2.79. The second kappa shape index (κ2) is 6.03. The van der Waals surface area contributed by atoms with Gasteiger partial charge in [-0.25, -0.2) is 14.5 Å². The quantitative estimate of drug-likeness (QED) is 0.661. The highest BCUT2D eigenvalue weighted by Gasteiger charge is 2.30. The molecule has 3 N–H and O–H groups in total. The summed E-state index contributed by atoms with van der Waals surface area (Å²) in [5.41, 5.74) is 2.04. The number of nitrogens with two attached hydrogens (primary N) is 1. The van der Waals surface area contributed by atoms with Gasteiger partial charge in [-0.15, -0.1) is 16.4 Å². The molecule has 0 atom stereocenters. The molecule has 0 aliphatic carbocycles. The fraction of sp³-hybridized carbons (Fsp3) is 0.562. The van der Waals surface area contributed by atoms with Gasteiger partial charge >= 0.3 is 0 Å². The number of aromatic nitrogens is 4. The molecule has 1 aliphatic heterocycles. The molecule has 7 nitrogen and oxygen atoms in total. The van der Waals surface area contributed by atoms with Gasteiger partial charge in [0, 0.05) is 24.3 Å². The van der Waals surface area contributed by atoms with Gasteiger partial charge in [-0.1, -0.05) is 0 Å². The smallest absolute Gasteiger partial charge is 0.206 e. The molecule has 0 saturated carbocycles. The highest BCUT2D eigenvalue weighted by molar-refractivity contribution is 7.19. The molecule has 0 radical (unpaired) electrons. The molecule has 4 heterocycles. The number of nitrogens with zero attached hydrogens (tertiary/aromatic N) is 4. The molecule has 0 spiro atoms. The second-order valence-corrected chi connectivity index (χ2v) is 7.89. The van der Waals surface area contributed by atoms with Gasteiger partial charge < -0.3 is 15.2 Å². The summed E-state index contributed by atoms with van der Waals surface area (Å²) in [6.07, 6.45) is 3.40. The van der Waals surface area contributed by atoms with Crippen molar-refractivity contribution in [1.29, 1.82) is 0 Å². The first-order chi connectivity index (χ1) is 11.6. The van der Waals surface area contributed by atoms with Crippen molar-refractivity contribution in [3.05, 3.63) is 22.6 Å². The van der Waals surface area contributed by atoms with Crippen LogP contribution in [-0.2, 0) is 24.3 Å². The third-order valence-corrected chi connectivity index (χ3v) is 5.46. The molecule has 0 unspecified atom stereocenters. The molecule has 0 saturated heterocycles. The molecule has 0 aromatic carbocycles. The molecule has 0 bridgehead atoms. The highest BCUT2D eigenvalue weighted by Crippen LogP contribution is 2.39. The molecule has 3 aromatic rings. The minimum Gasteiger partial charge on any atom is -0.396 e. The normalized spacial score (nSPS) is 16.8. The van der Waals surface area contributed by atoms with Crippen LogP contribution in [0.2, 0.25) is 0 Å². The van der Waals surface area contributed by atoms with E-state index in [2.05, 4.69) is 29.2 Å². The molecule has 1 aliphatic rings. The zero-order valence-corrected chi connectivity index (χ0v) is 14.8. The summed E-state index contributed by atoms with van der Waals surface area (Å²) in [6, 6.07) is 0. The van der Waals surface area contributed by atoms with E-state index in [0.29, 0.717) is 13.2 Å². The molecule has 0 fully saturated rings. The lowest BCUT2D eigenvalue weighted by Crippen LogP contribution is -2.82. The molecular formula is C16H22N5O2S+. The average molecular weight is 348 g/mol. The first kappa shape index (κ1) is 15.9. The van der Waals surface area contributed by atoms with Crippen molar-refractivity contribution < 1.29 is 15.2 Å². The standard InChI is InChI=1S/C16H21N5O2S/c1-16(2)6-10-11(8-23-16)24-15-13(10)14-19-12(7-17-4-3-5-22)20-21(14)9-18-15/h9,17,22H,3-8H2,1-2H3/p+1. The number of quaternary nitrogens is 1. The fourth-order valence-corrected chi connectivity index (χ4v) is 4.20. The van der Waals surface area contributed by atoms with Crippen LogP contribution >= 0.6 is 11.3 Å². The number of hydrogen-bond acceptors (Lipinski definition) is 6. The molecule has 0 amide bonds. The number of hydrogen-bond donors (Lipinski definition) is 2. The Morgan fingerprint density at radius 1 is 1.46 bits per heavy atom. The van der Waals surface area contributed by atoms with E-state index < -0.39 is 0 Å². The summed E-state index contributed by atoms with van der Waals surface area (Å²) >= 11 is 1.70. The van der Waals surface area contributed by atoms with Crippen LogP contribution in [-0.4, -0.2) is 43.4 Å². The van der Waals surface area contributed by atoms with Crippen molar-refractivity contribution in [3.8, 4) is 0 Å². The SMILES string of the molecule is CC1(C)Cc2c(sc3ncn4nc(C[NH2+]CCCO)nc4c23)CO1. The summed E-state index contributed by atoms with van der Waals surface area (Å²) in [5, 5.41) is 16.7. The first-order valence-corrected chi connectivity index (χ1v) is 9.10. The van der Waals surface area contributed by atoms with E-state index in [0.717, 1.165) is 41.1 Å². The molecule has 3 aromatic heterocycles. The van der Waals surface area contributed by atoms with Crippen LogP contribution in [0.5, 0.6) is 0 Å². The predicted octanol–water partition coefficient (Wildman–Crippen LogP) is 0.636. The van der Waals surface area contributed by atoms with Gasteiger partial charge in [-0.05, 0) is 19.4 Å². The van der Waals surface area contributed by atoms with Gasteiger partial charge in [0.05, 0.1) is 24.1 Å². The van der Waals surface area contributed by atoms with Crippen molar-refractivity contribution in [2.75, 3.05) is 13.2 Å². The lowest BCUT2D eigenvalue weighted by atomic mass is 9.94. The van der Waals surface area contributed by atoms with Crippen LogP contribution in [0.15, 0.2) is 6.33 Å². The van der Waals surface area contributed by atoms with E-state index in [1.54, 1.807) is 22.2 Å². The van der Waals surface area contributed by atoms with Crippen LogP contribution < -0.4 is 5.32 Å². The molecule has 4 rings (SSSR count). The van der Waals surface area contributed by atoms with Crippen LogP contribution in [0.4, 0.5) is 0 Å². The van der Waals surface area contributed by atoms with Gasteiger partial charge in [0.15, 0.2) is 5.65 Å². The van der Waals surface area contributed by atoms with Gasteiger partial charge in [0.2, 0.25) is 5.82 Å². The van der Waals surface area contributed by atoms with Crippen LogP contribution in [0.3, 0.4) is 0 Å². The molecular weight excluding hydrogens is 326 g/mol. The van der Waals surface area contributed by atoms with Crippen LogP contribution in [0.25, 0.3) is 15.9 Å². The summed E-state index contributed by atoms with van der Waals surface area (Å²) in [6.45, 7) is 6.70. The Morgan fingerprint density at radius 3 is 3.17 bits per heavy atom. The van der Waals surface area contributed by atoms with Crippen molar-refractivity contribution >= 4 is 27.2 Å². The minimum atomic E-state index is -0.158. The molecule has 128 valence electrons. The summed E-state index contributed by atoms with van der Waals surface area (Å²) in [7, 11) is 0. The Bertz CT molecular complexity index is 885. The first-order valence-electron chi connectivity index (χ1n) is 8.28. The van der Waals surface area contributed by atoms with Gasteiger partial charge in [-0.3, -0.25) is 0 Å². The van der Waals surface area contributed by atoms with E-state index in [9.17, 15) is 0 Å². The van der Waals surface area contributed by atoms with Gasteiger partial charge in [-0.2, -0.15) is 0 Å². The zero-order valence-electron chi connectivity index (χ0n) is 13.9. The van der Waals surface area contributed by atoms with Gasteiger partial charge in [0.1, 0.15) is 17.7 Å². The maximum absolute atomic E-state index is 8.85. The Balaban J connectivity index is 1.74. The van der Waals surface area contributed by atoms with E-state index in [1.165, 1.54) is 10.4 Å². The lowest BCUT2D eigenvalue weighted by Gasteiger charge is -2.30. The minimum absolute atomic E-state index is 0.158. The number of aliphatic hydroxyl groups excluding tert-OH is 1. The number of rotatable bonds is 5. The number of thiophene rings is 1. The van der Waals surface area contributed by atoms with Crippen molar-refractivity contribution in [3.63, 3.8) is 0 Å².